The highest BCUT2D eigenvalue weighted by molar-refractivity contribution is 4.88. The Morgan fingerprint density at radius 2 is 0.875 bits per heavy atom. The monoisotopic (exact) mass is 230 g/mol. The molecule has 0 amide bonds. The quantitative estimate of drug-likeness (QED) is 0.578. The fourth-order valence-electron chi connectivity index (χ4n) is 1.43. The SMILES string of the molecule is C1COC2=C(OCCN1)OCCNCCO2. The van der Waals surface area contributed by atoms with Crippen LogP contribution in [0.3, 0.4) is 0 Å². The van der Waals surface area contributed by atoms with Crippen LogP contribution in [0.4, 0.5) is 0 Å². The van der Waals surface area contributed by atoms with Crippen molar-refractivity contribution in [2.24, 2.45) is 0 Å². The minimum atomic E-state index is 0.368. The average Bonchev–Trinajstić information content (AvgIpc) is 2.46. The second-order valence-electron chi connectivity index (χ2n) is 3.47. The van der Waals surface area contributed by atoms with Crippen LogP contribution in [0.1, 0.15) is 0 Å². The van der Waals surface area contributed by atoms with Gasteiger partial charge in [0, 0.05) is 26.2 Å². The molecule has 6 heteroatoms. The number of rotatable bonds is 0. The normalized spacial score (nSPS) is 23.5. The third-order valence-corrected chi connectivity index (χ3v) is 2.21. The summed E-state index contributed by atoms with van der Waals surface area (Å²) >= 11 is 0. The Labute approximate surface area is 94.9 Å². The highest BCUT2D eigenvalue weighted by Crippen LogP contribution is 2.12. The van der Waals surface area contributed by atoms with Crippen molar-refractivity contribution in [1.82, 2.24) is 10.6 Å². The second kappa shape index (κ2) is 6.44. The molecule has 0 atom stereocenters. The van der Waals surface area contributed by atoms with Gasteiger partial charge in [-0.25, -0.2) is 0 Å². The summed E-state index contributed by atoms with van der Waals surface area (Å²) in [6, 6.07) is 0. The molecule has 0 bridgehead atoms. The summed E-state index contributed by atoms with van der Waals surface area (Å²) in [6.45, 7) is 5.34. The molecule has 2 N–H and O–H groups in total. The van der Waals surface area contributed by atoms with Crippen molar-refractivity contribution in [3.63, 3.8) is 0 Å². The van der Waals surface area contributed by atoms with E-state index < -0.39 is 0 Å². The number of hydrogen-bond acceptors (Lipinski definition) is 6. The summed E-state index contributed by atoms with van der Waals surface area (Å²) in [5, 5.41) is 6.36. The summed E-state index contributed by atoms with van der Waals surface area (Å²) in [6.07, 6.45) is 0. The third-order valence-electron chi connectivity index (χ3n) is 2.21. The summed E-state index contributed by atoms with van der Waals surface area (Å²) in [7, 11) is 0. The molecule has 2 aliphatic heterocycles. The first kappa shape index (κ1) is 11.3. The highest BCUT2D eigenvalue weighted by Gasteiger charge is 2.17. The lowest BCUT2D eigenvalue weighted by molar-refractivity contribution is -0.0312. The Hall–Kier alpha value is -1.14. The van der Waals surface area contributed by atoms with Crippen LogP contribution in [-0.2, 0) is 18.9 Å². The Morgan fingerprint density at radius 3 is 1.19 bits per heavy atom. The van der Waals surface area contributed by atoms with Crippen molar-refractivity contribution < 1.29 is 18.9 Å². The molecule has 0 aromatic heterocycles. The summed E-state index contributed by atoms with van der Waals surface area (Å²) in [5.41, 5.74) is 0. The molecule has 0 unspecified atom stereocenters. The van der Waals surface area contributed by atoms with E-state index in [2.05, 4.69) is 10.6 Å². The Morgan fingerprint density at radius 1 is 0.562 bits per heavy atom. The Balaban J connectivity index is 2.02. The van der Waals surface area contributed by atoms with Crippen LogP contribution < -0.4 is 10.6 Å². The van der Waals surface area contributed by atoms with E-state index in [1.165, 1.54) is 0 Å². The molecule has 0 saturated carbocycles. The molecule has 0 radical (unpaired) electrons. The van der Waals surface area contributed by atoms with Crippen LogP contribution in [-0.4, -0.2) is 52.6 Å². The van der Waals surface area contributed by atoms with Crippen LogP contribution >= 0.6 is 0 Å². The number of ether oxygens (including phenoxy) is 4. The maximum Gasteiger partial charge on any atom is 0.364 e. The minimum Gasteiger partial charge on any atom is -0.459 e. The van der Waals surface area contributed by atoms with Gasteiger partial charge in [0.1, 0.15) is 26.4 Å². The first-order chi connectivity index (χ1) is 7.97. The zero-order valence-corrected chi connectivity index (χ0v) is 9.29. The fourth-order valence-corrected chi connectivity index (χ4v) is 1.43. The smallest absolute Gasteiger partial charge is 0.364 e. The maximum absolute atomic E-state index is 5.48. The van der Waals surface area contributed by atoms with Gasteiger partial charge in [0.25, 0.3) is 0 Å². The molecule has 16 heavy (non-hydrogen) atoms. The van der Waals surface area contributed by atoms with Crippen LogP contribution in [0.5, 0.6) is 0 Å². The maximum atomic E-state index is 5.48. The molecular formula is C10H18N2O4. The molecule has 0 aromatic rings. The van der Waals surface area contributed by atoms with E-state index in [9.17, 15) is 0 Å². The van der Waals surface area contributed by atoms with Gasteiger partial charge in [-0.15, -0.1) is 0 Å². The number of hydrogen-bond donors (Lipinski definition) is 2. The van der Waals surface area contributed by atoms with Crippen LogP contribution in [0.2, 0.25) is 0 Å². The van der Waals surface area contributed by atoms with Crippen LogP contribution in [0.15, 0.2) is 11.9 Å². The van der Waals surface area contributed by atoms with Gasteiger partial charge in [0.2, 0.25) is 0 Å². The van der Waals surface area contributed by atoms with Crippen molar-refractivity contribution in [1.29, 1.82) is 0 Å². The minimum absolute atomic E-state index is 0.368. The van der Waals surface area contributed by atoms with Crippen LogP contribution in [0.25, 0.3) is 0 Å². The van der Waals surface area contributed by atoms with E-state index in [-0.39, 0.29) is 0 Å². The lowest BCUT2D eigenvalue weighted by atomic mass is 10.6. The summed E-state index contributed by atoms with van der Waals surface area (Å²) in [5.74, 6) is 0.736. The first-order valence-electron chi connectivity index (χ1n) is 5.64. The van der Waals surface area contributed by atoms with E-state index >= 15 is 0 Å². The largest absolute Gasteiger partial charge is 0.459 e. The molecule has 0 spiro atoms. The Bertz CT molecular complexity index is 201. The molecular weight excluding hydrogens is 212 g/mol. The summed E-state index contributed by atoms with van der Waals surface area (Å²) < 4.78 is 21.9. The molecule has 92 valence electrons. The van der Waals surface area contributed by atoms with E-state index in [1.807, 2.05) is 0 Å². The number of nitrogens with one attached hydrogen (secondary N) is 2. The van der Waals surface area contributed by atoms with Crippen molar-refractivity contribution in [3.05, 3.63) is 11.9 Å². The molecule has 0 fully saturated rings. The van der Waals surface area contributed by atoms with Gasteiger partial charge >= 0.3 is 11.9 Å². The van der Waals surface area contributed by atoms with Gasteiger partial charge in [-0.05, 0) is 0 Å². The molecule has 6 nitrogen and oxygen atoms in total. The molecule has 0 aromatic carbocycles. The van der Waals surface area contributed by atoms with Gasteiger partial charge < -0.3 is 29.6 Å². The third kappa shape index (κ3) is 3.46. The standard InChI is InChI=1S/C10H18N2O4/c1-5-13-9-10(14-6-2-11-1)16-8-4-12-3-7-15-9/h11-12H,1-8H2. The van der Waals surface area contributed by atoms with Gasteiger partial charge in [0.05, 0.1) is 0 Å². The van der Waals surface area contributed by atoms with Gasteiger partial charge in [-0.3, -0.25) is 0 Å². The van der Waals surface area contributed by atoms with Crippen molar-refractivity contribution >= 4 is 0 Å². The van der Waals surface area contributed by atoms with Crippen molar-refractivity contribution in [2.45, 2.75) is 0 Å². The Kier molecular flexibility index (Phi) is 4.57. The predicted molar refractivity (Wildman–Crippen MR) is 56.6 cm³/mol. The first-order valence-corrected chi connectivity index (χ1v) is 5.64. The highest BCUT2D eigenvalue weighted by atomic mass is 16.7. The lowest BCUT2D eigenvalue weighted by Crippen LogP contribution is -2.24. The van der Waals surface area contributed by atoms with Gasteiger partial charge in [-0.2, -0.15) is 0 Å². The predicted octanol–water partition coefficient (Wildman–Crippen LogP) is -0.614. The molecule has 2 rings (SSSR count). The molecule has 2 heterocycles. The van der Waals surface area contributed by atoms with E-state index in [1.54, 1.807) is 0 Å². The van der Waals surface area contributed by atoms with Gasteiger partial charge in [0.15, 0.2) is 0 Å². The average molecular weight is 230 g/mol. The second-order valence-corrected chi connectivity index (χ2v) is 3.47. The summed E-state index contributed by atoms with van der Waals surface area (Å²) in [4.78, 5) is 0. The van der Waals surface area contributed by atoms with E-state index in [0.717, 1.165) is 26.2 Å². The topological polar surface area (TPSA) is 61.0 Å². The van der Waals surface area contributed by atoms with Gasteiger partial charge in [-0.1, -0.05) is 0 Å². The zero-order chi connectivity index (χ0) is 11.1. The zero-order valence-electron chi connectivity index (χ0n) is 9.29. The molecule has 0 saturated heterocycles. The van der Waals surface area contributed by atoms with Crippen molar-refractivity contribution in [2.75, 3.05) is 52.6 Å². The van der Waals surface area contributed by atoms with Crippen LogP contribution in [0, 0.1) is 0 Å². The van der Waals surface area contributed by atoms with Crippen molar-refractivity contribution in [3.8, 4) is 0 Å². The molecule has 0 aliphatic carbocycles. The molecule has 2 aliphatic rings. The van der Waals surface area contributed by atoms with E-state index in [0.29, 0.717) is 38.3 Å². The van der Waals surface area contributed by atoms with E-state index in [4.69, 9.17) is 18.9 Å². The lowest BCUT2D eigenvalue weighted by Gasteiger charge is -2.14. The fraction of sp³-hybridized carbons (Fsp3) is 0.800.